The van der Waals surface area contributed by atoms with Gasteiger partial charge in [-0.25, -0.2) is 18.9 Å². The van der Waals surface area contributed by atoms with Crippen LogP contribution in [0.4, 0.5) is 24.2 Å². The average molecular weight is 857 g/mol. The fourth-order valence-corrected chi connectivity index (χ4v) is 7.10. The molecule has 1 aliphatic rings. The largest absolute Gasteiger partial charge is 0.509 e. The third-order valence-electron chi connectivity index (χ3n) is 8.64. The van der Waals surface area contributed by atoms with Gasteiger partial charge >= 0.3 is 37.6 Å². The first-order valence-electron chi connectivity index (χ1n) is 18.5. The van der Waals surface area contributed by atoms with Crippen LogP contribution in [0.15, 0.2) is 108 Å². The number of carbonyl (C=O) groups is 4. The molecule has 6 atom stereocenters. The number of carbonyl (C=O) groups excluding carboxylic acids is 4. The second kappa shape index (κ2) is 20.3. The van der Waals surface area contributed by atoms with Crippen LogP contribution in [0.3, 0.4) is 0 Å². The molecule has 20 heteroatoms. The van der Waals surface area contributed by atoms with Gasteiger partial charge < -0.3 is 28.2 Å². The summed E-state index contributed by atoms with van der Waals surface area (Å²) in [7, 11) is -4.76. The Hall–Kier alpha value is -6.01. The highest BCUT2D eigenvalue weighted by Crippen LogP contribution is 2.49. The number of hydrogen-bond acceptors (Lipinski definition) is 14. The quantitative estimate of drug-likeness (QED) is 0.0615. The van der Waals surface area contributed by atoms with Gasteiger partial charge in [-0.1, -0.05) is 92.7 Å². The smallest absolute Gasteiger partial charge is 0.453 e. The Bertz CT molecular complexity index is 2200. The molecule has 0 saturated carbocycles. The van der Waals surface area contributed by atoms with E-state index in [9.17, 15) is 28.5 Å². The van der Waals surface area contributed by atoms with Crippen molar-refractivity contribution in [2.24, 2.45) is 5.92 Å². The van der Waals surface area contributed by atoms with Crippen LogP contribution in [-0.2, 0) is 55.6 Å². The summed E-state index contributed by atoms with van der Waals surface area (Å²) < 4.78 is 84.8. The van der Waals surface area contributed by atoms with Crippen LogP contribution in [0.25, 0.3) is 0 Å². The number of anilines is 1. The molecular weight excluding hydrogens is 813 g/mol. The monoisotopic (exact) mass is 856 g/mol. The Morgan fingerprint density at radius 1 is 0.867 bits per heavy atom. The van der Waals surface area contributed by atoms with Crippen molar-refractivity contribution in [1.29, 1.82) is 0 Å². The Kier molecular flexibility index (Phi) is 15.3. The molecule has 0 radical (unpaired) electrons. The van der Waals surface area contributed by atoms with Crippen molar-refractivity contribution in [3.8, 4) is 5.75 Å². The maximum absolute atomic E-state index is 16.4. The van der Waals surface area contributed by atoms with Crippen LogP contribution in [0.5, 0.6) is 5.75 Å². The Morgan fingerprint density at radius 2 is 1.45 bits per heavy atom. The molecule has 1 amide bonds. The van der Waals surface area contributed by atoms with Crippen molar-refractivity contribution < 1.29 is 65.3 Å². The zero-order valence-electron chi connectivity index (χ0n) is 32.8. The van der Waals surface area contributed by atoms with Crippen LogP contribution < -0.4 is 20.6 Å². The Balaban J connectivity index is 1.37. The van der Waals surface area contributed by atoms with E-state index < -0.39 is 80.7 Å². The van der Waals surface area contributed by atoms with Crippen LogP contribution in [0, 0.1) is 5.92 Å². The van der Waals surface area contributed by atoms with Crippen molar-refractivity contribution in [3.05, 3.63) is 125 Å². The van der Waals surface area contributed by atoms with Gasteiger partial charge in [0.15, 0.2) is 11.9 Å². The van der Waals surface area contributed by atoms with E-state index in [4.69, 9.17) is 32.7 Å². The third-order valence-corrected chi connectivity index (χ3v) is 10.3. The number of nitrogens with one attached hydrogen (secondary N) is 2. The maximum atomic E-state index is 16.4. The number of aromatic nitrogens is 2. The predicted octanol–water partition coefficient (Wildman–Crippen LogP) is 6.59. The van der Waals surface area contributed by atoms with E-state index in [-0.39, 0.29) is 30.6 Å². The van der Waals surface area contributed by atoms with Crippen LogP contribution in [0.2, 0.25) is 0 Å². The molecular formula is C40H43F2N4O13P. The van der Waals surface area contributed by atoms with Gasteiger partial charge in [0.2, 0.25) is 12.3 Å². The number of halogens is 2. The molecule has 17 nitrogen and oxygen atoms in total. The topological polar surface area (TPSA) is 209 Å². The number of ketones is 1. The molecule has 320 valence electrons. The molecule has 1 aromatic heterocycles. The van der Waals surface area contributed by atoms with Gasteiger partial charge in [0.1, 0.15) is 36.9 Å². The highest BCUT2D eigenvalue weighted by Gasteiger charge is 2.63. The minimum atomic E-state index is -4.76. The highest BCUT2D eigenvalue weighted by molar-refractivity contribution is 7.52. The maximum Gasteiger partial charge on any atom is 0.509 e. The normalized spacial score (nSPS) is 18.9. The van der Waals surface area contributed by atoms with Gasteiger partial charge in [-0.3, -0.25) is 24.0 Å². The third kappa shape index (κ3) is 12.3. The van der Waals surface area contributed by atoms with Gasteiger partial charge in [-0.2, -0.15) is 18.9 Å². The summed E-state index contributed by atoms with van der Waals surface area (Å²) in [6.45, 7) is 4.34. The summed E-state index contributed by atoms with van der Waals surface area (Å²) in [5.74, 6) is -6.44. The first-order chi connectivity index (χ1) is 28.5. The summed E-state index contributed by atoms with van der Waals surface area (Å²) in [4.78, 5) is 67.4. The first kappa shape index (κ1) is 45.1. The van der Waals surface area contributed by atoms with Crippen molar-refractivity contribution in [2.75, 3.05) is 11.9 Å². The summed E-state index contributed by atoms with van der Waals surface area (Å²) in [6, 6.07) is 24.0. The van der Waals surface area contributed by atoms with Gasteiger partial charge in [0.25, 0.3) is 0 Å². The molecule has 4 aromatic rings. The molecule has 5 rings (SSSR count). The molecule has 2 heterocycles. The minimum absolute atomic E-state index is 0.0274. The van der Waals surface area contributed by atoms with Gasteiger partial charge in [-0.05, 0) is 43.2 Å². The van der Waals surface area contributed by atoms with Crippen LogP contribution >= 0.6 is 7.75 Å². The first-order valence-corrected chi connectivity index (χ1v) is 20.1. The molecule has 1 fully saturated rings. The SMILES string of the molecule is CC(C)C(=O)[C@H](C)OC(=O)[C@H](C)NP(=O)(OC[C@H]1O[C@@H](n2ccc(NC(=O)OCc3ccccc3)nc2=O)C(F)(F)[C@@H]1OC(=O)OCc1ccccc1)Oc1ccccc1. The predicted molar refractivity (Wildman–Crippen MR) is 208 cm³/mol. The van der Waals surface area contributed by atoms with E-state index in [1.807, 2.05) is 0 Å². The molecule has 60 heavy (non-hydrogen) atoms. The second-order valence-electron chi connectivity index (χ2n) is 13.6. The lowest BCUT2D eigenvalue weighted by atomic mass is 10.1. The fourth-order valence-electron chi connectivity index (χ4n) is 5.60. The zero-order chi connectivity index (χ0) is 43.5. The fraction of sp³-hybridized carbons (Fsp3) is 0.350. The van der Waals surface area contributed by atoms with E-state index in [1.165, 1.54) is 38.1 Å². The number of esters is 1. The van der Waals surface area contributed by atoms with E-state index in [1.54, 1.807) is 80.6 Å². The second-order valence-corrected chi connectivity index (χ2v) is 15.3. The van der Waals surface area contributed by atoms with Crippen LogP contribution in [-0.4, -0.2) is 70.4 Å². The van der Waals surface area contributed by atoms with Gasteiger partial charge in [0.05, 0.1) is 6.61 Å². The molecule has 2 N–H and O–H groups in total. The van der Waals surface area contributed by atoms with Crippen molar-refractivity contribution in [1.82, 2.24) is 14.6 Å². The van der Waals surface area contributed by atoms with Gasteiger partial charge in [0, 0.05) is 12.1 Å². The zero-order valence-corrected chi connectivity index (χ0v) is 33.7. The number of ether oxygens (including phenoxy) is 5. The number of hydrogen-bond donors (Lipinski definition) is 2. The van der Waals surface area contributed by atoms with Gasteiger partial charge in [-0.15, -0.1) is 0 Å². The number of rotatable bonds is 18. The van der Waals surface area contributed by atoms with Crippen molar-refractivity contribution in [3.63, 3.8) is 0 Å². The summed E-state index contributed by atoms with van der Waals surface area (Å²) in [6.07, 6.45) is -9.85. The lowest BCUT2D eigenvalue weighted by Crippen LogP contribution is -2.45. The number of benzene rings is 3. The Labute approximate surface area is 342 Å². The van der Waals surface area contributed by atoms with E-state index in [0.717, 1.165) is 12.3 Å². The summed E-state index contributed by atoms with van der Waals surface area (Å²) >= 11 is 0. The molecule has 1 aliphatic heterocycles. The molecule has 1 unspecified atom stereocenters. The lowest BCUT2D eigenvalue weighted by molar-refractivity contribution is -0.156. The number of alkyl halides is 2. The molecule has 0 spiro atoms. The van der Waals surface area contributed by atoms with Crippen molar-refractivity contribution in [2.45, 2.75) is 77.4 Å². The summed E-state index contributed by atoms with van der Waals surface area (Å²) in [5.41, 5.74) is -0.126. The Morgan fingerprint density at radius 3 is 2.03 bits per heavy atom. The van der Waals surface area contributed by atoms with Crippen LogP contribution in [0.1, 0.15) is 45.0 Å². The number of para-hydroxylation sites is 1. The molecule has 3 aromatic carbocycles. The van der Waals surface area contributed by atoms with E-state index >= 15 is 8.78 Å². The number of amides is 1. The van der Waals surface area contributed by atoms with E-state index in [2.05, 4.69) is 15.4 Å². The molecule has 1 saturated heterocycles. The lowest BCUT2D eigenvalue weighted by Gasteiger charge is -2.26. The minimum Gasteiger partial charge on any atom is -0.453 e. The average Bonchev–Trinajstić information content (AvgIpc) is 3.47. The number of nitrogens with zero attached hydrogens (tertiary/aromatic N) is 2. The molecule has 0 aliphatic carbocycles. The van der Waals surface area contributed by atoms with E-state index in [0.29, 0.717) is 15.7 Å². The standard InChI is InChI=1S/C40H43F2N4O13P/c1-25(2)33(47)27(4)56-35(48)26(3)45-60(52,59-30-18-12-7-13-19-30)55-24-31-34(58-39(51)54-23-29-16-10-6-11-17-29)40(41,42)36(57-31)46-21-20-32(43-37(46)49)44-38(50)53-22-28-14-8-5-9-15-28/h5-21,25-27,31,34,36H,22-24H2,1-4H3,(H,45,52)(H,43,44,49,50)/t26-,27-,31+,34+,36+,60?/m0/s1. The molecule has 0 bridgehead atoms. The number of Topliss-reactive ketones (excluding diaryl/α,β-unsaturated/α-hetero) is 1. The van der Waals surface area contributed by atoms with Crippen molar-refractivity contribution >= 4 is 37.6 Å². The summed E-state index contributed by atoms with van der Waals surface area (Å²) in [5, 5.41) is 4.63. The highest BCUT2D eigenvalue weighted by atomic mass is 31.2.